The zero-order valence-electron chi connectivity index (χ0n) is 10.3. The van der Waals surface area contributed by atoms with Crippen LogP contribution in [0, 0.1) is 10.1 Å². The van der Waals surface area contributed by atoms with Gasteiger partial charge in [0.1, 0.15) is 11.4 Å². The van der Waals surface area contributed by atoms with Crippen molar-refractivity contribution in [2.24, 2.45) is 5.10 Å². The number of anilines is 1. The molecule has 21 heavy (non-hydrogen) atoms. The molecular weight excluding hydrogens is 291 g/mol. The van der Waals surface area contributed by atoms with Gasteiger partial charge in [-0.25, -0.2) is 0 Å². The van der Waals surface area contributed by atoms with E-state index < -0.39 is 22.4 Å². The fourth-order valence-electron chi connectivity index (χ4n) is 1.48. The number of nitrogens with one attached hydrogen (secondary N) is 1. The maximum absolute atomic E-state index is 12.5. The number of furan rings is 1. The first-order valence-corrected chi connectivity index (χ1v) is 5.56. The van der Waals surface area contributed by atoms with Crippen molar-refractivity contribution in [2.75, 3.05) is 5.43 Å². The Morgan fingerprint density at radius 2 is 2.10 bits per heavy atom. The lowest BCUT2D eigenvalue weighted by Gasteiger charge is -2.08. The zero-order chi connectivity index (χ0) is 15.5. The molecule has 1 heterocycles. The summed E-state index contributed by atoms with van der Waals surface area (Å²) in [5.41, 5.74) is 0.332. The maximum Gasteiger partial charge on any atom is 0.416 e. The molecule has 0 bridgehead atoms. The molecule has 110 valence electrons. The van der Waals surface area contributed by atoms with E-state index in [9.17, 15) is 23.3 Å². The van der Waals surface area contributed by atoms with Gasteiger partial charge in [-0.05, 0) is 24.3 Å². The molecule has 2 aromatic rings. The van der Waals surface area contributed by atoms with Crippen molar-refractivity contribution >= 4 is 17.6 Å². The Kier molecular flexibility index (Phi) is 3.92. The Hall–Kier alpha value is -2.84. The highest BCUT2D eigenvalue weighted by atomic mass is 19.4. The summed E-state index contributed by atoms with van der Waals surface area (Å²) in [6.45, 7) is 0. The minimum Gasteiger partial charge on any atom is -0.463 e. The van der Waals surface area contributed by atoms with Crippen LogP contribution in [0.2, 0.25) is 0 Å². The number of halogens is 3. The van der Waals surface area contributed by atoms with Gasteiger partial charge in [-0.2, -0.15) is 18.3 Å². The Bertz CT molecular complexity index is 666. The quantitative estimate of drug-likeness (QED) is 0.531. The maximum atomic E-state index is 12.5. The summed E-state index contributed by atoms with van der Waals surface area (Å²) in [4.78, 5) is 9.90. The Morgan fingerprint density at radius 1 is 1.33 bits per heavy atom. The van der Waals surface area contributed by atoms with Crippen LogP contribution < -0.4 is 5.43 Å². The average Bonchev–Trinajstić information content (AvgIpc) is 2.90. The summed E-state index contributed by atoms with van der Waals surface area (Å²) in [5.74, 6) is 0.386. The molecule has 0 aliphatic heterocycles. The molecule has 2 rings (SSSR count). The molecule has 0 saturated carbocycles. The van der Waals surface area contributed by atoms with Gasteiger partial charge in [-0.3, -0.25) is 15.5 Å². The minimum absolute atomic E-state index is 0.157. The second-order valence-corrected chi connectivity index (χ2v) is 3.87. The Morgan fingerprint density at radius 3 is 2.67 bits per heavy atom. The standard InChI is InChI=1S/C12H8F3N3O3/c13-12(14,15)8-3-4-10(11(6-8)18(19)20)17-16-7-9-2-1-5-21-9/h1-7,17H/b16-7+. The van der Waals surface area contributed by atoms with Gasteiger partial charge in [0.15, 0.2) is 0 Å². The van der Waals surface area contributed by atoms with Crippen LogP contribution in [-0.4, -0.2) is 11.1 Å². The van der Waals surface area contributed by atoms with Crippen LogP contribution in [0.3, 0.4) is 0 Å². The van der Waals surface area contributed by atoms with E-state index in [1.807, 2.05) is 0 Å². The second-order valence-electron chi connectivity index (χ2n) is 3.87. The van der Waals surface area contributed by atoms with Crippen LogP contribution in [0.4, 0.5) is 24.5 Å². The van der Waals surface area contributed by atoms with E-state index in [0.29, 0.717) is 11.8 Å². The molecule has 6 nitrogen and oxygen atoms in total. The minimum atomic E-state index is -4.65. The zero-order valence-corrected chi connectivity index (χ0v) is 10.3. The average molecular weight is 299 g/mol. The van der Waals surface area contributed by atoms with Crippen molar-refractivity contribution in [3.8, 4) is 0 Å². The number of nitro benzene ring substituents is 1. The van der Waals surface area contributed by atoms with Gasteiger partial charge in [0, 0.05) is 6.07 Å². The summed E-state index contributed by atoms with van der Waals surface area (Å²) in [6, 6.07) is 5.33. The fourth-order valence-corrected chi connectivity index (χ4v) is 1.48. The van der Waals surface area contributed by atoms with Gasteiger partial charge in [-0.15, -0.1) is 0 Å². The number of rotatable bonds is 4. The van der Waals surface area contributed by atoms with Crippen molar-refractivity contribution < 1.29 is 22.5 Å². The molecule has 1 aromatic heterocycles. The smallest absolute Gasteiger partial charge is 0.416 e. The molecule has 9 heteroatoms. The van der Waals surface area contributed by atoms with Crippen LogP contribution in [0.5, 0.6) is 0 Å². The van der Waals surface area contributed by atoms with E-state index >= 15 is 0 Å². The first kappa shape index (κ1) is 14.6. The van der Waals surface area contributed by atoms with Crippen LogP contribution in [0.15, 0.2) is 46.1 Å². The van der Waals surface area contributed by atoms with Crippen molar-refractivity contribution in [3.63, 3.8) is 0 Å². The normalized spacial score (nSPS) is 11.8. The van der Waals surface area contributed by atoms with Gasteiger partial charge in [0.2, 0.25) is 0 Å². The first-order chi connectivity index (χ1) is 9.88. The second kappa shape index (κ2) is 5.65. The number of nitrogens with zero attached hydrogens (tertiary/aromatic N) is 2. The topological polar surface area (TPSA) is 80.7 Å². The van der Waals surface area contributed by atoms with E-state index in [1.54, 1.807) is 12.1 Å². The van der Waals surface area contributed by atoms with Gasteiger partial charge in [0.25, 0.3) is 5.69 Å². The molecule has 0 spiro atoms. The molecule has 0 amide bonds. The van der Waals surface area contributed by atoms with Gasteiger partial charge in [0.05, 0.1) is 23.0 Å². The predicted octanol–water partition coefficient (Wildman–Crippen LogP) is 3.65. The first-order valence-electron chi connectivity index (χ1n) is 5.56. The summed E-state index contributed by atoms with van der Waals surface area (Å²) < 4.78 is 42.5. The van der Waals surface area contributed by atoms with E-state index in [4.69, 9.17) is 4.42 Å². The van der Waals surface area contributed by atoms with Crippen molar-refractivity contribution in [2.45, 2.75) is 6.18 Å². The number of nitro groups is 1. The molecule has 1 N–H and O–H groups in total. The highest BCUT2D eigenvalue weighted by Crippen LogP contribution is 2.34. The van der Waals surface area contributed by atoms with E-state index in [0.717, 1.165) is 12.1 Å². The van der Waals surface area contributed by atoms with Crippen molar-refractivity contribution in [1.29, 1.82) is 0 Å². The van der Waals surface area contributed by atoms with Gasteiger partial charge in [-0.1, -0.05) is 0 Å². The van der Waals surface area contributed by atoms with E-state index in [1.165, 1.54) is 12.5 Å². The SMILES string of the molecule is O=[N+]([O-])c1cc(C(F)(F)F)ccc1N/N=C/c1ccco1. The lowest BCUT2D eigenvalue weighted by molar-refractivity contribution is -0.384. The van der Waals surface area contributed by atoms with Crippen LogP contribution in [-0.2, 0) is 6.18 Å². The molecule has 0 aliphatic carbocycles. The number of hydrogen-bond donors (Lipinski definition) is 1. The lowest BCUT2D eigenvalue weighted by atomic mass is 10.1. The molecule has 0 aliphatic rings. The van der Waals surface area contributed by atoms with E-state index in [-0.39, 0.29) is 5.69 Å². The molecule has 0 radical (unpaired) electrons. The van der Waals surface area contributed by atoms with Gasteiger partial charge < -0.3 is 4.42 Å². The monoisotopic (exact) mass is 299 g/mol. The molecule has 0 unspecified atom stereocenters. The van der Waals surface area contributed by atoms with Gasteiger partial charge >= 0.3 is 6.18 Å². The highest BCUT2D eigenvalue weighted by molar-refractivity contribution is 5.77. The summed E-state index contributed by atoms with van der Waals surface area (Å²) >= 11 is 0. The Labute approximate surface area is 116 Å². The number of alkyl halides is 3. The lowest BCUT2D eigenvalue weighted by Crippen LogP contribution is -2.06. The third kappa shape index (κ3) is 3.59. The largest absolute Gasteiger partial charge is 0.463 e. The van der Waals surface area contributed by atoms with Crippen molar-refractivity contribution in [3.05, 3.63) is 58.0 Å². The van der Waals surface area contributed by atoms with Crippen molar-refractivity contribution in [1.82, 2.24) is 0 Å². The number of hydrazone groups is 1. The predicted molar refractivity (Wildman–Crippen MR) is 68.0 cm³/mol. The fraction of sp³-hybridized carbons (Fsp3) is 0.0833. The van der Waals surface area contributed by atoms with Crippen LogP contribution >= 0.6 is 0 Å². The highest BCUT2D eigenvalue weighted by Gasteiger charge is 2.33. The molecule has 0 atom stereocenters. The number of hydrogen-bond acceptors (Lipinski definition) is 5. The van der Waals surface area contributed by atoms with E-state index in [2.05, 4.69) is 10.5 Å². The molecular formula is C12H8F3N3O3. The summed E-state index contributed by atoms with van der Waals surface area (Å²) in [7, 11) is 0. The third-order valence-corrected chi connectivity index (χ3v) is 2.44. The summed E-state index contributed by atoms with van der Waals surface area (Å²) in [5, 5.41) is 14.5. The van der Waals surface area contributed by atoms with Crippen LogP contribution in [0.1, 0.15) is 11.3 Å². The van der Waals surface area contributed by atoms with Crippen LogP contribution in [0.25, 0.3) is 0 Å². The molecule has 1 aromatic carbocycles. The number of benzene rings is 1. The molecule has 0 fully saturated rings. The summed E-state index contributed by atoms with van der Waals surface area (Å²) in [6.07, 6.45) is -2.01. The third-order valence-electron chi connectivity index (χ3n) is 2.44. The Balaban J connectivity index is 2.25. The molecule has 0 saturated heterocycles.